The van der Waals surface area contributed by atoms with E-state index in [1.54, 1.807) is 0 Å². The molecule has 2 aliphatic heterocycles. The molecule has 5 rings (SSSR count). The first-order chi connectivity index (χ1) is 20.8. The van der Waals surface area contributed by atoms with Crippen LogP contribution in [0, 0.1) is 0 Å². The molecule has 44 heavy (non-hydrogen) atoms. The molecule has 5 unspecified atom stereocenters. The Morgan fingerprint density at radius 3 is 2.20 bits per heavy atom. The third-order valence-corrected chi connectivity index (χ3v) is 7.37. The molecule has 7 N–H and O–H groups in total. The molecule has 0 amide bonds. The average Bonchev–Trinajstić information content (AvgIpc) is 2.97. The van der Waals surface area contributed by atoms with Gasteiger partial charge in [0.1, 0.15) is 83.3 Å². The first-order valence-corrected chi connectivity index (χ1v) is 13.6. The molecule has 0 aliphatic carbocycles. The van der Waals surface area contributed by atoms with Crippen LogP contribution in [0.3, 0.4) is 0 Å². The van der Waals surface area contributed by atoms with Gasteiger partial charge in [0.05, 0.1) is 6.10 Å². The molecule has 10 atom stereocenters. The maximum Gasteiger partial charge on any atom is 0.302 e. The Morgan fingerprint density at radius 1 is 0.841 bits per heavy atom. The second kappa shape index (κ2) is 12.7. The standard InChI is InChI=1S/C29H32O15/c1-11-22(34)23(35)25(37)28(40-11)44-27-20(10-39-12(2)30)43-29(26(38)24(27)36)42-19-8-15(32)7-18-21(19)16(33)9-17(41-18)13-3-5-14(31)6-4-13/h3-9,11,20,22-29,31-32,34-38H,10H2,1-2H3/t11?,20?,22-,23?,24+,25+,26+,27?,28?,29+/m0/s1. The summed E-state index contributed by atoms with van der Waals surface area (Å²) in [5.41, 5.74) is -0.215. The largest absolute Gasteiger partial charge is 0.508 e. The van der Waals surface area contributed by atoms with Gasteiger partial charge in [-0.3, -0.25) is 9.59 Å². The van der Waals surface area contributed by atoms with E-state index in [0.29, 0.717) is 5.56 Å². The van der Waals surface area contributed by atoms with Crippen LogP contribution in [0.25, 0.3) is 22.3 Å². The van der Waals surface area contributed by atoms with Gasteiger partial charge in [-0.05, 0) is 31.2 Å². The highest BCUT2D eigenvalue weighted by Crippen LogP contribution is 2.35. The van der Waals surface area contributed by atoms with Crippen LogP contribution in [0.2, 0.25) is 0 Å². The lowest BCUT2D eigenvalue weighted by molar-refractivity contribution is -0.349. The van der Waals surface area contributed by atoms with Gasteiger partial charge in [-0.15, -0.1) is 0 Å². The van der Waals surface area contributed by atoms with Gasteiger partial charge in [0.15, 0.2) is 11.7 Å². The van der Waals surface area contributed by atoms with Gasteiger partial charge in [0, 0.05) is 30.7 Å². The van der Waals surface area contributed by atoms with E-state index >= 15 is 0 Å². The Balaban J connectivity index is 1.43. The molecule has 0 saturated carbocycles. The fraction of sp³-hybridized carbons (Fsp3) is 0.448. The Kier molecular flexibility index (Phi) is 9.10. The smallest absolute Gasteiger partial charge is 0.302 e. The number of aromatic hydroxyl groups is 2. The minimum Gasteiger partial charge on any atom is -0.508 e. The number of ether oxygens (including phenoxy) is 5. The number of carbonyl (C=O) groups excluding carboxylic acids is 1. The summed E-state index contributed by atoms with van der Waals surface area (Å²) in [4.78, 5) is 24.8. The summed E-state index contributed by atoms with van der Waals surface area (Å²) in [6.07, 6.45) is -15.7. The predicted octanol–water partition coefficient (Wildman–Crippen LogP) is -0.528. The van der Waals surface area contributed by atoms with Crippen molar-refractivity contribution < 1.29 is 68.6 Å². The van der Waals surface area contributed by atoms with Crippen molar-refractivity contribution in [2.45, 2.75) is 75.3 Å². The van der Waals surface area contributed by atoms with Crippen molar-refractivity contribution in [2.24, 2.45) is 0 Å². The molecule has 2 aliphatic rings. The number of rotatable bonds is 7. The van der Waals surface area contributed by atoms with Gasteiger partial charge >= 0.3 is 5.97 Å². The van der Waals surface area contributed by atoms with E-state index < -0.39 is 79.4 Å². The van der Waals surface area contributed by atoms with Gasteiger partial charge < -0.3 is 63.8 Å². The number of benzene rings is 2. The van der Waals surface area contributed by atoms with Crippen LogP contribution >= 0.6 is 0 Å². The Bertz CT molecular complexity index is 1540. The highest BCUT2D eigenvalue weighted by Gasteiger charge is 2.51. The van der Waals surface area contributed by atoms with E-state index in [9.17, 15) is 45.3 Å². The molecule has 0 spiro atoms. The van der Waals surface area contributed by atoms with Crippen LogP contribution in [-0.4, -0.2) is 110 Å². The van der Waals surface area contributed by atoms with Crippen molar-refractivity contribution in [3.8, 4) is 28.6 Å². The number of fused-ring (bicyclic) bond motifs is 1. The number of aliphatic hydroxyl groups excluding tert-OH is 5. The lowest BCUT2D eigenvalue weighted by Gasteiger charge is -2.45. The lowest BCUT2D eigenvalue weighted by atomic mass is 9.97. The molecular weight excluding hydrogens is 588 g/mol. The zero-order valence-electron chi connectivity index (χ0n) is 23.4. The van der Waals surface area contributed by atoms with E-state index in [1.165, 1.54) is 43.3 Å². The molecule has 1 aromatic heterocycles. The highest BCUT2D eigenvalue weighted by molar-refractivity contribution is 5.86. The van der Waals surface area contributed by atoms with Crippen LogP contribution in [0.5, 0.6) is 17.2 Å². The van der Waals surface area contributed by atoms with Crippen molar-refractivity contribution in [3.05, 3.63) is 52.7 Å². The second-order valence-corrected chi connectivity index (χ2v) is 10.6. The van der Waals surface area contributed by atoms with E-state index in [1.807, 2.05) is 0 Å². The quantitative estimate of drug-likeness (QED) is 0.165. The van der Waals surface area contributed by atoms with Crippen LogP contribution < -0.4 is 10.2 Å². The Hall–Kier alpha value is -3.80. The van der Waals surface area contributed by atoms with E-state index in [-0.39, 0.29) is 34.0 Å². The van der Waals surface area contributed by atoms with Crippen molar-refractivity contribution in [2.75, 3.05) is 6.61 Å². The summed E-state index contributed by atoms with van der Waals surface area (Å²) in [6.45, 7) is 2.02. The normalized spacial score (nSPS) is 32.3. The van der Waals surface area contributed by atoms with E-state index in [2.05, 4.69) is 0 Å². The molecule has 3 aromatic rings. The van der Waals surface area contributed by atoms with Crippen LogP contribution in [-0.2, 0) is 23.7 Å². The topological polar surface area (TPSA) is 235 Å². The van der Waals surface area contributed by atoms with Crippen LogP contribution in [0.1, 0.15) is 13.8 Å². The van der Waals surface area contributed by atoms with Crippen LogP contribution in [0.15, 0.2) is 51.7 Å². The molecule has 0 radical (unpaired) electrons. The fourth-order valence-corrected chi connectivity index (χ4v) is 5.01. The monoisotopic (exact) mass is 620 g/mol. The van der Waals surface area contributed by atoms with Gasteiger partial charge in [-0.2, -0.15) is 0 Å². The van der Waals surface area contributed by atoms with Gasteiger partial charge in [0.2, 0.25) is 6.29 Å². The number of aliphatic hydroxyl groups is 5. The number of phenols is 2. The maximum absolute atomic E-state index is 13.2. The number of carbonyl (C=O) groups is 1. The molecule has 2 fully saturated rings. The highest BCUT2D eigenvalue weighted by atomic mass is 16.7. The second-order valence-electron chi connectivity index (χ2n) is 10.6. The number of esters is 1. The average molecular weight is 621 g/mol. The van der Waals surface area contributed by atoms with Crippen molar-refractivity contribution in [1.82, 2.24) is 0 Å². The summed E-state index contributed by atoms with van der Waals surface area (Å²) in [5.74, 6) is -1.23. The molecule has 2 saturated heterocycles. The van der Waals surface area contributed by atoms with Crippen molar-refractivity contribution in [3.63, 3.8) is 0 Å². The molecule has 0 bridgehead atoms. The SMILES string of the molecule is CC(=O)OCC1O[C@@H](Oc2cc(O)cc3oc(-c4ccc(O)cc4)cc(=O)c23)[C@H](O)[C@@H](O)C1OC1OC(C)[C@H](O)C(O)[C@H]1O. The summed E-state index contributed by atoms with van der Waals surface area (Å²) in [7, 11) is 0. The Labute approximate surface area is 249 Å². The molecule has 3 heterocycles. The number of phenolic OH excluding ortho intramolecular Hbond substituents is 2. The molecule has 2 aromatic carbocycles. The third-order valence-electron chi connectivity index (χ3n) is 7.37. The first kappa shape index (κ1) is 31.6. The summed E-state index contributed by atoms with van der Waals surface area (Å²) >= 11 is 0. The lowest BCUT2D eigenvalue weighted by Crippen LogP contribution is -2.64. The molecule has 15 heteroatoms. The summed E-state index contributed by atoms with van der Waals surface area (Å²) in [5, 5.41) is 72.3. The minimum absolute atomic E-state index is 0.00600. The third kappa shape index (κ3) is 6.36. The predicted molar refractivity (Wildman–Crippen MR) is 146 cm³/mol. The van der Waals surface area contributed by atoms with Gasteiger partial charge in [-0.25, -0.2) is 0 Å². The van der Waals surface area contributed by atoms with E-state index in [0.717, 1.165) is 13.0 Å². The summed E-state index contributed by atoms with van der Waals surface area (Å²) < 4.78 is 33.6. The number of hydrogen-bond acceptors (Lipinski definition) is 15. The van der Waals surface area contributed by atoms with Crippen molar-refractivity contribution in [1.29, 1.82) is 0 Å². The minimum atomic E-state index is -1.87. The van der Waals surface area contributed by atoms with Crippen LogP contribution in [0.4, 0.5) is 0 Å². The fourth-order valence-electron chi connectivity index (χ4n) is 5.01. The van der Waals surface area contributed by atoms with Crippen molar-refractivity contribution >= 4 is 16.9 Å². The molecular formula is C29H32O15. The molecule has 238 valence electrons. The first-order valence-electron chi connectivity index (χ1n) is 13.6. The summed E-state index contributed by atoms with van der Waals surface area (Å²) in [6, 6.07) is 9.27. The number of hydrogen-bond donors (Lipinski definition) is 7. The molecule has 15 nitrogen and oxygen atoms in total. The zero-order chi connectivity index (χ0) is 31.9. The van der Waals surface area contributed by atoms with Gasteiger partial charge in [0.25, 0.3) is 0 Å². The van der Waals surface area contributed by atoms with Gasteiger partial charge in [-0.1, -0.05) is 0 Å². The maximum atomic E-state index is 13.2. The zero-order valence-corrected chi connectivity index (χ0v) is 23.4. The van der Waals surface area contributed by atoms with E-state index in [4.69, 9.17) is 28.1 Å². The Morgan fingerprint density at radius 2 is 1.52 bits per heavy atom.